The maximum atomic E-state index is 11.0. The van der Waals surface area contributed by atoms with E-state index in [2.05, 4.69) is 44.9 Å². The molecule has 0 aromatic heterocycles. The second-order valence-electron chi connectivity index (χ2n) is 6.91. The van der Waals surface area contributed by atoms with Crippen molar-refractivity contribution in [1.29, 1.82) is 0 Å². The third-order valence-corrected chi connectivity index (χ3v) is 5.62. The number of benzene rings is 1. The molecule has 118 valence electrons. The van der Waals surface area contributed by atoms with E-state index in [1.54, 1.807) is 7.11 Å². The van der Waals surface area contributed by atoms with Crippen molar-refractivity contribution < 1.29 is 9.84 Å². The summed E-state index contributed by atoms with van der Waals surface area (Å²) in [4.78, 5) is 2.40. The third-order valence-electron chi connectivity index (χ3n) is 5.62. The topological polar surface area (TPSA) is 32.7 Å². The molecule has 1 N–H and O–H groups in total. The van der Waals surface area contributed by atoms with Crippen molar-refractivity contribution >= 4 is 0 Å². The van der Waals surface area contributed by atoms with Crippen LogP contribution in [0.5, 0.6) is 5.75 Å². The van der Waals surface area contributed by atoms with Crippen LogP contribution in [0.1, 0.15) is 39.2 Å². The van der Waals surface area contributed by atoms with Crippen LogP contribution in [0.4, 0.5) is 0 Å². The standard InChI is InChI=1S/C18H29NO2/c1-6-18(20)11-12-19(4)16(17(18,2)3)13-14-7-9-15(21-5)10-8-14/h7-10,16,20H,6,11-13H2,1-5H3/t16-,18?/m1/s1. The van der Waals surface area contributed by atoms with Gasteiger partial charge in [-0.15, -0.1) is 0 Å². The first-order chi connectivity index (χ1) is 9.84. The van der Waals surface area contributed by atoms with Crippen molar-refractivity contribution in [3.8, 4) is 5.75 Å². The summed E-state index contributed by atoms with van der Waals surface area (Å²) >= 11 is 0. The van der Waals surface area contributed by atoms with E-state index >= 15 is 0 Å². The van der Waals surface area contributed by atoms with Crippen LogP contribution in [0.15, 0.2) is 24.3 Å². The monoisotopic (exact) mass is 291 g/mol. The Morgan fingerprint density at radius 3 is 2.43 bits per heavy atom. The Kier molecular flexibility index (Phi) is 4.64. The normalized spacial score (nSPS) is 29.3. The summed E-state index contributed by atoms with van der Waals surface area (Å²) in [6.45, 7) is 7.47. The fraction of sp³-hybridized carbons (Fsp3) is 0.667. The molecular weight excluding hydrogens is 262 g/mol. The van der Waals surface area contributed by atoms with Gasteiger partial charge in [-0.2, -0.15) is 0 Å². The van der Waals surface area contributed by atoms with Crippen LogP contribution in [0.25, 0.3) is 0 Å². The molecule has 21 heavy (non-hydrogen) atoms. The first-order valence-corrected chi connectivity index (χ1v) is 7.89. The minimum Gasteiger partial charge on any atom is -0.497 e. The number of hydrogen-bond acceptors (Lipinski definition) is 3. The molecule has 1 aromatic rings. The van der Waals surface area contributed by atoms with Gasteiger partial charge in [-0.05, 0) is 44.0 Å². The van der Waals surface area contributed by atoms with Gasteiger partial charge in [0.25, 0.3) is 0 Å². The van der Waals surface area contributed by atoms with E-state index in [1.165, 1.54) is 5.56 Å². The minimum absolute atomic E-state index is 0.130. The Bertz CT molecular complexity index is 469. The van der Waals surface area contributed by atoms with E-state index in [0.29, 0.717) is 6.04 Å². The lowest BCUT2D eigenvalue weighted by atomic mass is 9.63. The summed E-state index contributed by atoms with van der Waals surface area (Å²) < 4.78 is 5.22. The lowest BCUT2D eigenvalue weighted by Gasteiger charge is -2.55. The van der Waals surface area contributed by atoms with E-state index in [4.69, 9.17) is 4.74 Å². The van der Waals surface area contributed by atoms with E-state index in [-0.39, 0.29) is 5.41 Å². The molecule has 1 saturated heterocycles. The van der Waals surface area contributed by atoms with Crippen molar-refractivity contribution in [1.82, 2.24) is 4.90 Å². The second kappa shape index (κ2) is 5.98. The number of piperidine rings is 1. The summed E-state index contributed by atoms with van der Waals surface area (Å²) in [5, 5.41) is 11.0. The fourth-order valence-electron chi connectivity index (χ4n) is 3.73. The molecule has 1 aromatic carbocycles. The SMILES string of the molecule is CCC1(O)CCN(C)[C@H](Cc2ccc(OC)cc2)C1(C)C. The van der Waals surface area contributed by atoms with E-state index in [9.17, 15) is 5.11 Å². The number of methoxy groups -OCH3 is 1. The molecule has 2 rings (SSSR count). The zero-order valence-corrected chi connectivity index (χ0v) is 14.0. The quantitative estimate of drug-likeness (QED) is 0.925. The van der Waals surface area contributed by atoms with Crippen LogP contribution in [0.2, 0.25) is 0 Å². The molecule has 1 unspecified atom stereocenters. The van der Waals surface area contributed by atoms with Gasteiger partial charge in [0.15, 0.2) is 0 Å². The lowest BCUT2D eigenvalue weighted by Crippen LogP contribution is -2.62. The van der Waals surface area contributed by atoms with Gasteiger partial charge in [-0.3, -0.25) is 0 Å². The van der Waals surface area contributed by atoms with Gasteiger partial charge in [0, 0.05) is 18.0 Å². The number of aliphatic hydroxyl groups is 1. The first-order valence-electron chi connectivity index (χ1n) is 7.89. The molecule has 0 bridgehead atoms. The number of rotatable bonds is 4. The smallest absolute Gasteiger partial charge is 0.118 e. The summed E-state index contributed by atoms with van der Waals surface area (Å²) in [6, 6.07) is 8.61. The number of hydrogen-bond donors (Lipinski definition) is 1. The van der Waals surface area contributed by atoms with Crippen LogP contribution < -0.4 is 4.74 Å². The fourth-order valence-corrected chi connectivity index (χ4v) is 3.73. The predicted octanol–water partition coefficient (Wildman–Crippen LogP) is 3.11. The average Bonchev–Trinajstić information content (AvgIpc) is 2.48. The van der Waals surface area contributed by atoms with Gasteiger partial charge in [-0.25, -0.2) is 0 Å². The van der Waals surface area contributed by atoms with E-state index < -0.39 is 5.60 Å². The van der Waals surface area contributed by atoms with Crippen LogP contribution in [0, 0.1) is 5.41 Å². The van der Waals surface area contributed by atoms with E-state index in [0.717, 1.165) is 31.6 Å². The van der Waals surface area contributed by atoms with Crippen LogP contribution >= 0.6 is 0 Å². The van der Waals surface area contributed by atoms with Gasteiger partial charge < -0.3 is 14.7 Å². The molecule has 2 atom stereocenters. The Labute approximate surface area is 128 Å². The molecule has 1 aliphatic rings. The molecule has 0 aliphatic carbocycles. The van der Waals surface area contributed by atoms with Gasteiger partial charge in [0.2, 0.25) is 0 Å². The highest BCUT2D eigenvalue weighted by atomic mass is 16.5. The molecule has 1 aliphatic heterocycles. The largest absolute Gasteiger partial charge is 0.497 e. The number of likely N-dealkylation sites (tertiary alicyclic amines) is 1. The van der Waals surface area contributed by atoms with E-state index in [1.807, 2.05) is 12.1 Å². The zero-order chi connectivity index (χ0) is 15.7. The maximum Gasteiger partial charge on any atom is 0.118 e. The van der Waals surface area contributed by atoms with Crippen molar-refractivity contribution in [2.75, 3.05) is 20.7 Å². The molecule has 1 heterocycles. The molecule has 0 spiro atoms. The average molecular weight is 291 g/mol. The van der Waals surface area contributed by atoms with Crippen molar-refractivity contribution in [3.63, 3.8) is 0 Å². The van der Waals surface area contributed by atoms with Gasteiger partial charge in [0.1, 0.15) is 5.75 Å². The molecule has 1 fully saturated rings. The minimum atomic E-state index is -0.573. The highest BCUT2D eigenvalue weighted by molar-refractivity contribution is 5.28. The molecule has 0 amide bonds. The van der Waals surface area contributed by atoms with Gasteiger partial charge in [0.05, 0.1) is 12.7 Å². The van der Waals surface area contributed by atoms with Crippen LogP contribution in [-0.4, -0.2) is 42.4 Å². The van der Waals surface area contributed by atoms with Crippen LogP contribution in [0.3, 0.4) is 0 Å². The first kappa shape index (κ1) is 16.3. The van der Waals surface area contributed by atoms with Gasteiger partial charge in [-0.1, -0.05) is 32.9 Å². The second-order valence-corrected chi connectivity index (χ2v) is 6.91. The van der Waals surface area contributed by atoms with Crippen molar-refractivity contribution in [3.05, 3.63) is 29.8 Å². The molecule has 3 heteroatoms. The highest BCUT2D eigenvalue weighted by Gasteiger charge is 2.51. The molecular formula is C18H29NO2. The number of likely N-dealkylation sites (N-methyl/N-ethyl adjacent to an activating group) is 1. The summed E-state index contributed by atoms with van der Waals surface area (Å²) in [5.41, 5.74) is 0.590. The number of nitrogens with zero attached hydrogens (tertiary/aromatic N) is 1. The Morgan fingerprint density at radius 2 is 1.90 bits per heavy atom. The summed E-state index contributed by atoms with van der Waals surface area (Å²) in [7, 11) is 3.86. The lowest BCUT2D eigenvalue weighted by molar-refractivity contribution is -0.145. The zero-order valence-electron chi connectivity index (χ0n) is 14.0. The Morgan fingerprint density at radius 1 is 1.29 bits per heavy atom. The Balaban J connectivity index is 2.22. The molecule has 0 saturated carbocycles. The van der Waals surface area contributed by atoms with Crippen molar-refractivity contribution in [2.45, 2.75) is 51.7 Å². The maximum absolute atomic E-state index is 11.0. The number of ether oxygens (including phenoxy) is 1. The predicted molar refractivity (Wildman–Crippen MR) is 86.8 cm³/mol. The van der Waals surface area contributed by atoms with Crippen LogP contribution in [-0.2, 0) is 6.42 Å². The van der Waals surface area contributed by atoms with Crippen molar-refractivity contribution in [2.24, 2.45) is 5.41 Å². The van der Waals surface area contributed by atoms with Gasteiger partial charge >= 0.3 is 0 Å². The summed E-state index contributed by atoms with van der Waals surface area (Å²) in [5.74, 6) is 0.889. The molecule has 3 nitrogen and oxygen atoms in total. The third kappa shape index (κ3) is 2.95. The summed E-state index contributed by atoms with van der Waals surface area (Å²) in [6.07, 6.45) is 2.62. The molecule has 0 radical (unpaired) electrons. The Hall–Kier alpha value is -1.06. The highest BCUT2D eigenvalue weighted by Crippen LogP contribution is 2.45.